The molecule has 2 aromatic rings. The number of methoxy groups -OCH3 is 1. The second kappa shape index (κ2) is 6.74. The first-order valence-electron chi connectivity index (χ1n) is 6.37. The molecule has 110 valence electrons. The fourth-order valence-corrected chi connectivity index (χ4v) is 1.88. The van der Waals surface area contributed by atoms with E-state index >= 15 is 0 Å². The van der Waals surface area contributed by atoms with Crippen molar-refractivity contribution in [2.75, 3.05) is 7.11 Å². The van der Waals surface area contributed by atoms with Crippen molar-refractivity contribution < 1.29 is 23.8 Å². The number of halogens is 1. The molecule has 0 aliphatic carbocycles. The molecule has 0 amide bonds. The van der Waals surface area contributed by atoms with E-state index in [-0.39, 0.29) is 12.2 Å². The normalized spacial score (nSPS) is 11.7. The third kappa shape index (κ3) is 3.95. The lowest BCUT2D eigenvalue weighted by Crippen LogP contribution is -2.29. The summed E-state index contributed by atoms with van der Waals surface area (Å²) in [6.07, 6.45) is -0.944. The predicted molar refractivity (Wildman–Crippen MR) is 75.1 cm³/mol. The summed E-state index contributed by atoms with van der Waals surface area (Å²) in [5.74, 6) is -0.640. The molecule has 0 aliphatic heterocycles. The highest BCUT2D eigenvalue weighted by Crippen LogP contribution is 2.27. The summed E-state index contributed by atoms with van der Waals surface area (Å²) in [7, 11) is 1.48. The van der Waals surface area contributed by atoms with E-state index < -0.39 is 12.1 Å². The minimum atomic E-state index is -1.09. The van der Waals surface area contributed by atoms with E-state index in [4.69, 9.17) is 9.47 Å². The highest BCUT2D eigenvalue weighted by molar-refractivity contribution is 5.73. The van der Waals surface area contributed by atoms with Gasteiger partial charge in [-0.15, -0.1) is 0 Å². The Morgan fingerprint density at radius 1 is 1.14 bits per heavy atom. The molecule has 0 bridgehead atoms. The zero-order chi connectivity index (χ0) is 15.2. The number of hydrogen-bond donors (Lipinski definition) is 1. The monoisotopic (exact) mass is 290 g/mol. The lowest BCUT2D eigenvalue weighted by molar-refractivity contribution is -0.145. The van der Waals surface area contributed by atoms with E-state index in [0.717, 1.165) is 0 Å². The van der Waals surface area contributed by atoms with Crippen LogP contribution in [0.4, 0.5) is 4.39 Å². The number of hydrogen-bond acceptors (Lipinski definition) is 3. The smallest absolute Gasteiger partial charge is 0.345 e. The first-order chi connectivity index (χ1) is 10.1. The van der Waals surface area contributed by atoms with Crippen molar-refractivity contribution in [1.82, 2.24) is 0 Å². The first kappa shape index (κ1) is 14.8. The molecule has 0 spiro atoms. The molecule has 0 saturated carbocycles. The first-order valence-corrected chi connectivity index (χ1v) is 6.37. The zero-order valence-corrected chi connectivity index (χ0v) is 11.5. The van der Waals surface area contributed by atoms with Gasteiger partial charge >= 0.3 is 5.97 Å². The van der Waals surface area contributed by atoms with E-state index in [1.807, 2.05) is 0 Å². The number of aliphatic carboxylic acids is 1. The topological polar surface area (TPSA) is 55.8 Å². The Hall–Kier alpha value is -2.56. The van der Waals surface area contributed by atoms with Crippen LogP contribution in [0, 0.1) is 5.82 Å². The Bertz CT molecular complexity index is 610. The highest BCUT2D eigenvalue weighted by Gasteiger charge is 2.21. The molecule has 0 radical (unpaired) electrons. The van der Waals surface area contributed by atoms with Crippen LogP contribution >= 0.6 is 0 Å². The number of carboxylic acid groups (broad SMARTS) is 1. The van der Waals surface area contributed by atoms with Gasteiger partial charge in [0.2, 0.25) is 0 Å². The Morgan fingerprint density at radius 2 is 1.76 bits per heavy atom. The van der Waals surface area contributed by atoms with Gasteiger partial charge in [0.05, 0.1) is 7.11 Å². The molecular formula is C16H15FO4. The van der Waals surface area contributed by atoms with E-state index in [1.54, 1.807) is 24.3 Å². The summed E-state index contributed by atoms with van der Waals surface area (Å²) in [5, 5.41) is 9.27. The number of benzene rings is 2. The maximum absolute atomic E-state index is 12.9. The average molecular weight is 290 g/mol. The molecular weight excluding hydrogens is 275 g/mol. The summed E-state index contributed by atoms with van der Waals surface area (Å²) in [5.41, 5.74) is 0.679. The molecule has 21 heavy (non-hydrogen) atoms. The molecule has 4 nitrogen and oxygen atoms in total. The van der Waals surface area contributed by atoms with Gasteiger partial charge in [0.25, 0.3) is 0 Å². The Labute approximate surface area is 121 Å². The number of ether oxygens (including phenoxy) is 2. The molecule has 5 heteroatoms. The van der Waals surface area contributed by atoms with Crippen molar-refractivity contribution in [3.05, 3.63) is 59.9 Å². The van der Waals surface area contributed by atoms with Crippen LogP contribution in [-0.2, 0) is 11.2 Å². The lowest BCUT2D eigenvalue weighted by Gasteiger charge is -2.17. The van der Waals surface area contributed by atoms with Crippen LogP contribution in [0.5, 0.6) is 11.5 Å². The Kier molecular flexibility index (Phi) is 4.77. The van der Waals surface area contributed by atoms with E-state index in [1.165, 1.54) is 31.4 Å². The van der Waals surface area contributed by atoms with Gasteiger partial charge in [0.1, 0.15) is 5.82 Å². The third-order valence-corrected chi connectivity index (χ3v) is 2.95. The van der Waals surface area contributed by atoms with Crippen LogP contribution in [0.2, 0.25) is 0 Å². The molecule has 0 fully saturated rings. The predicted octanol–water partition coefficient (Wildman–Crippen LogP) is 2.91. The fraction of sp³-hybridized carbons (Fsp3) is 0.188. The number of carbonyl (C=O) groups is 1. The third-order valence-electron chi connectivity index (χ3n) is 2.95. The van der Waals surface area contributed by atoms with Gasteiger partial charge in [-0.3, -0.25) is 0 Å². The number of rotatable bonds is 6. The minimum Gasteiger partial charge on any atom is -0.493 e. The highest BCUT2D eigenvalue weighted by atomic mass is 19.1. The Morgan fingerprint density at radius 3 is 2.33 bits per heavy atom. The van der Waals surface area contributed by atoms with Crippen molar-refractivity contribution in [2.24, 2.45) is 0 Å². The molecule has 2 aromatic carbocycles. The van der Waals surface area contributed by atoms with Crippen LogP contribution < -0.4 is 9.47 Å². The van der Waals surface area contributed by atoms with E-state index in [9.17, 15) is 14.3 Å². The minimum absolute atomic E-state index is 0.133. The van der Waals surface area contributed by atoms with Crippen molar-refractivity contribution in [3.8, 4) is 11.5 Å². The summed E-state index contributed by atoms with van der Waals surface area (Å²) in [6.45, 7) is 0. The number of para-hydroxylation sites is 2. The maximum Gasteiger partial charge on any atom is 0.345 e. The zero-order valence-electron chi connectivity index (χ0n) is 11.5. The van der Waals surface area contributed by atoms with Crippen LogP contribution in [-0.4, -0.2) is 24.3 Å². The molecule has 0 heterocycles. The maximum atomic E-state index is 12.9. The molecule has 0 aromatic heterocycles. The van der Waals surface area contributed by atoms with Gasteiger partial charge in [-0.25, -0.2) is 9.18 Å². The standard InChI is InChI=1S/C16H15FO4/c1-20-13-4-2-3-5-14(13)21-15(16(18)19)10-11-6-8-12(17)9-7-11/h2-9,15H,10H2,1H3,(H,18,19). The van der Waals surface area contributed by atoms with Gasteiger partial charge < -0.3 is 14.6 Å². The van der Waals surface area contributed by atoms with Crippen molar-refractivity contribution in [3.63, 3.8) is 0 Å². The van der Waals surface area contributed by atoms with Gasteiger partial charge in [-0.1, -0.05) is 24.3 Å². The molecule has 0 aliphatic rings. The molecule has 1 unspecified atom stereocenters. The van der Waals surface area contributed by atoms with Crippen molar-refractivity contribution >= 4 is 5.97 Å². The van der Waals surface area contributed by atoms with Gasteiger partial charge in [-0.05, 0) is 29.8 Å². The largest absolute Gasteiger partial charge is 0.493 e. The quantitative estimate of drug-likeness (QED) is 0.888. The van der Waals surface area contributed by atoms with Crippen LogP contribution in [0.3, 0.4) is 0 Å². The van der Waals surface area contributed by atoms with Gasteiger partial charge in [0, 0.05) is 6.42 Å². The summed E-state index contributed by atoms with van der Waals surface area (Å²) in [4.78, 5) is 11.3. The van der Waals surface area contributed by atoms with E-state index in [2.05, 4.69) is 0 Å². The molecule has 2 rings (SSSR count). The summed E-state index contributed by atoms with van der Waals surface area (Å²) >= 11 is 0. The molecule has 0 saturated heterocycles. The molecule has 1 N–H and O–H groups in total. The van der Waals surface area contributed by atoms with Crippen molar-refractivity contribution in [1.29, 1.82) is 0 Å². The Balaban J connectivity index is 2.16. The average Bonchev–Trinajstić information content (AvgIpc) is 2.49. The van der Waals surface area contributed by atoms with Crippen molar-refractivity contribution in [2.45, 2.75) is 12.5 Å². The summed E-state index contributed by atoms with van der Waals surface area (Å²) < 4.78 is 23.5. The van der Waals surface area contributed by atoms with E-state index in [0.29, 0.717) is 17.1 Å². The van der Waals surface area contributed by atoms with Gasteiger partial charge in [0.15, 0.2) is 17.6 Å². The van der Waals surface area contributed by atoms with Crippen LogP contribution in [0.1, 0.15) is 5.56 Å². The molecule has 1 atom stereocenters. The fourth-order valence-electron chi connectivity index (χ4n) is 1.88. The van der Waals surface area contributed by atoms with Gasteiger partial charge in [-0.2, -0.15) is 0 Å². The number of carboxylic acids is 1. The van der Waals surface area contributed by atoms with Crippen LogP contribution in [0.25, 0.3) is 0 Å². The second-order valence-corrected chi connectivity index (χ2v) is 4.43. The summed E-state index contributed by atoms with van der Waals surface area (Å²) in [6, 6.07) is 12.5. The lowest BCUT2D eigenvalue weighted by atomic mass is 10.1. The SMILES string of the molecule is COc1ccccc1OC(Cc1ccc(F)cc1)C(=O)O. The second-order valence-electron chi connectivity index (χ2n) is 4.43. The van der Waals surface area contributed by atoms with Crippen LogP contribution in [0.15, 0.2) is 48.5 Å².